The molecule has 11 heterocycles. The first-order chi connectivity index (χ1) is 65.5. The number of carbonyl (C=O) groups excluding carboxylic acids is 4. The average Bonchev–Trinajstić information content (AvgIpc) is 0.747. The van der Waals surface area contributed by atoms with E-state index in [4.69, 9.17) is 99.5 Å². The highest BCUT2D eigenvalue weighted by Crippen LogP contribution is 2.43. The SMILES string of the molecule is CC(=O)N[C@@H]1[C@@H](O)[C@H](O[C@@H]2O[C@H](CO)[C@@H](O[C@@H]3O[C@H](CO[C@H]4O[C@H](CO[C@H]5O[C@H](CO)[C@@H](O)[C@H](O)[C@@H]5O)[C@@H](O)[C@H](O[C@H]5O[C@H](CO)[C@@H](O)[C@H](O)[C@@H]5O)[C@@H]4O)[C@@H](O)[C@H](O[C@H]4O[C@H](CO)[C@@H](O)[C@H](O[C@@H]5O[C@H](CO)[C@@H](O[C@@H]6O[C@H](CO)[C@H](O)[C@H](O[C@]7(C(=O)O)C[C@H](O)[C@@H](NC(C)=O)[C@H]([C@H](O)[C@H](O)CO)O7)[C@H]6O)[C@H](O)[C@H]5NC(C)=O)[C@@H]4O)[C@@H]3O)[C@H](O)[C@H]2NC(C)=O)[C@@H](CO[C@@H]2O[C@@H](C)[C@@H](O)[C@@H](O)[C@@H]2O)O[C@H]1O. The molecule has 11 aliphatic heterocycles. The zero-order valence-corrected chi connectivity index (χ0v) is 74.5. The predicted molar refractivity (Wildman–Crippen MR) is 425 cm³/mol. The van der Waals surface area contributed by atoms with Crippen LogP contribution in [0.3, 0.4) is 0 Å². The van der Waals surface area contributed by atoms with Crippen LogP contribution in [0.25, 0.3) is 0 Å². The van der Waals surface area contributed by atoms with Gasteiger partial charge in [0.1, 0.15) is 256 Å². The highest BCUT2D eigenvalue weighted by Gasteiger charge is 2.64. The van der Waals surface area contributed by atoms with E-state index in [0.29, 0.717) is 0 Å². The van der Waals surface area contributed by atoms with Gasteiger partial charge >= 0.3 is 5.97 Å². The molecule has 62 nitrogen and oxygen atoms in total. The van der Waals surface area contributed by atoms with Crippen LogP contribution in [0.15, 0.2) is 0 Å². The van der Waals surface area contributed by atoms with Crippen LogP contribution < -0.4 is 21.3 Å². The molecular weight excluding hydrogens is 1910 g/mol. The normalized spacial score (nSPS) is 48.9. The molecule has 139 heavy (non-hydrogen) atoms. The number of hydrogen-bond acceptors (Lipinski definition) is 57. The first kappa shape index (κ1) is 115. The van der Waals surface area contributed by atoms with Crippen LogP contribution in [0.4, 0.5) is 0 Å². The summed E-state index contributed by atoms with van der Waals surface area (Å²) in [4.78, 5) is 64.6. The first-order valence-corrected chi connectivity index (χ1v) is 44.1. The van der Waals surface area contributed by atoms with Crippen molar-refractivity contribution in [2.45, 2.75) is 384 Å². The van der Waals surface area contributed by atoms with Gasteiger partial charge in [0.2, 0.25) is 23.6 Å². The van der Waals surface area contributed by atoms with Gasteiger partial charge in [0.15, 0.2) is 62.9 Å². The maximum Gasteiger partial charge on any atom is 0.364 e. The summed E-state index contributed by atoms with van der Waals surface area (Å²) in [6, 6.07) is -7.76. The summed E-state index contributed by atoms with van der Waals surface area (Å²) in [5.41, 5.74) is 0. The van der Waals surface area contributed by atoms with Crippen LogP contribution in [0, 0.1) is 0 Å². The Hall–Kier alpha value is -4.73. The molecule has 56 atom stereocenters. The second-order valence-electron chi connectivity index (χ2n) is 35.3. The Morgan fingerprint density at radius 1 is 0.309 bits per heavy atom. The van der Waals surface area contributed by atoms with E-state index in [1.807, 2.05) is 0 Å². The van der Waals surface area contributed by atoms with Crippen molar-refractivity contribution in [3.8, 4) is 0 Å². The quantitative estimate of drug-likeness (QED) is 0.0275. The summed E-state index contributed by atoms with van der Waals surface area (Å²) in [6.07, 6.45) is -112. The second kappa shape index (κ2) is 49.4. The molecule has 62 heteroatoms. The van der Waals surface area contributed by atoms with E-state index in [1.165, 1.54) is 6.92 Å². The van der Waals surface area contributed by atoms with Crippen molar-refractivity contribution in [1.82, 2.24) is 21.3 Å². The van der Waals surface area contributed by atoms with Crippen LogP contribution in [0.2, 0.25) is 0 Å². The highest BCUT2D eigenvalue weighted by atomic mass is 16.8. The third kappa shape index (κ3) is 25.3. The van der Waals surface area contributed by atoms with Crippen LogP contribution >= 0.6 is 0 Å². The fraction of sp³-hybridized carbons (Fsp3) is 0.935. The first-order valence-electron chi connectivity index (χ1n) is 44.1. The molecule has 0 saturated carbocycles. The van der Waals surface area contributed by atoms with Crippen molar-refractivity contribution in [2.24, 2.45) is 0 Å². The van der Waals surface area contributed by atoms with Gasteiger partial charge in [-0.25, -0.2) is 4.79 Å². The van der Waals surface area contributed by atoms with Crippen molar-refractivity contribution in [3.05, 3.63) is 0 Å². The van der Waals surface area contributed by atoms with Gasteiger partial charge in [-0.3, -0.25) is 19.2 Å². The number of aliphatic carboxylic acids is 1. The van der Waals surface area contributed by atoms with Gasteiger partial charge in [-0.15, -0.1) is 0 Å². The lowest BCUT2D eigenvalue weighted by Gasteiger charge is -2.51. The van der Waals surface area contributed by atoms with E-state index in [-0.39, 0.29) is 0 Å². The van der Waals surface area contributed by atoms with Crippen LogP contribution in [-0.4, -0.2) is 602 Å². The third-order valence-corrected chi connectivity index (χ3v) is 25.5. The lowest BCUT2D eigenvalue weighted by atomic mass is 9.88. The smallest absolute Gasteiger partial charge is 0.364 e. The minimum absolute atomic E-state index is 0.854. The molecule has 0 unspecified atom stereocenters. The molecule has 0 aromatic rings. The van der Waals surface area contributed by atoms with E-state index >= 15 is 0 Å². The minimum atomic E-state index is -3.33. The van der Waals surface area contributed by atoms with Gasteiger partial charge in [0, 0.05) is 34.1 Å². The molecule has 0 bridgehead atoms. The number of amides is 4. The van der Waals surface area contributed by atoms with Crippen molar-refractivity contribution in [1.29, 1.82) is 0 Å². The lowest BCUT2D eigenvalue weighted by molar-refractivity contribution is -0.396. The maximum absolute atomic E-state index is 13.3. The molecule has 0 aromatic heterocycles. The predicted octanol–water partition coefficient (Wildman–Crippen LogP) is -24.2. The Balaban J connectivity index is 0.897. The molecule has 4 amide bonds. The van der Waals surface area contributed by atoms with Gasteiger partial charge in [0.05, 0.1) is 84.3 Å². The van der Waals surface area contributed by atoms with Gasteiger partial charge in [0.25, 0.3) is 5.79 Å². The van der Waals surface area contributed by atoms with Gasteiger partial charge in [-0.1, -0.05) is 0 Å². The number of carboxylic acid groups (broad SMARTS) is 1. The minimum Gasteiger partial charge on any atom is -0.477 e. The molecule has 11 saturated heterocycles. The zero-order valence-electron chi connectivity index (χ0n) is 74.5. The van der Waals surface area contributed by atoms with Gasteiger partial charge in [-0.05, 0) is 6.92 Å². The van der Waals surface area contributed by atoms with E-state index in [2.05, 4.69) is 21.3 Å². The largest absolute Gasteiger partial charge is 0.477 e. The van der Waals surface area contributed by atoms with Crippen molar-refractivity contribution in [2.75, 3.05) is 66.1 Å². The van der Waals surface area contributed by atoms with E-state index in [9.17, 15) is 187 Å². The lowest BCUT2D eigenvalue weighted by Crippen LogP contribution is -2.71. The third-order valence-electron chi connectivity index (χ3n) is 25.5. The fourth-order valence-corrected chi connectivity index (χ4v) is 17.9. The number of carbonyl (C=O) groups is 5. The van der Waals surface area contributed by atoms with Gasteiger partial charge < -0.3 is 284 Å². The molecule has 0 spiro atoms. The van der Waals surface area contributed by atoms with E-state index < -0.39 is 445 Å². The van der Waals surface area contributed by atoms with Crippen LogP contribution in [0.1, 0.15) is 41.0 Å². The number of carboxylic acids is 1. The summed E-state index contributed by atoms with van der Waals surface area (Å²) < 4.78 is 123. The standard InChI is InChI=1S/C77H128N4O58/c1-17-37(95)48(106)51(109)69(122-17)121-16-32-60(45(103)34(66(116)123-32)79-19(3)90)132-67-35(80-20(4)91)46(104)58(28(12-87)128-67)133-74-56(114)64(44(102)31(131-74)15-120-71-54(112)63(136-72-53(111)50(108)40(98)25(9-84)125-72)43(101)30(130-71)14-119-70-52(110)49(107)39(97)24(8-83)124-70)137-73-55(113)62(41(99)26(10-85)126-73)135-68-36(81-21(5)92)47(105)59(29(13-88)129-68)134-75-57(115)65(42(100)27(11-86)127-75)139-77(76(117)118)6-22(93)33(78-18(2)89)61(138-77)38(96)23(94)7-82/h17,22-75,82-88,93-116H,6-16H2,1-5H3,(H,78,89)(H,79,90)(H,80,91)(H,81,92)(H,117,118)/t17-,22-,23+,24+,25+,26+,27+,28+,29+,30+,31+,32+,33+,34+,35+,36+,37+,38+,39+,40+,41+,42-,43+,44+,45+,46+,47+,48+,49-,50-,51-,52-,53-,54-,55-,56-,57+,58+,59+,60+,61+,62-,63-,64-,65-,66+,67-,68-,69+,70-,71-,72+,73+,74-,75-,77-/m0/s1. The molecule has 36 N–H and O–H groups in total. The zero-order chi connectivity index (χ0) is 103. The van der Waals surface area contributed by atoms with Crippen molar-refractivity contribution in [3.63, 3.8) is 0 Å². The summed E-state index contributed by atoms with van der Waals surface area (Å²) in [6.45, 7) is -6.73. The Bertz CT molecular complexity index is 3870. The number of nitrogens with one attached hydrogen (secondary N) is 4. The fourth-order valence-electron chi connectivity index (χ4n) is 17.9. The Labute approximate surface area is 785 Å². The molecule has 0 aliphatic carbocycles. The molecule has 11 aliphatic rings. The van der Waals surface area contributed by atoms with Crippen molar-refractivity contribution >= 4 is 29.6 Å². The second-order valence-corrected chi connectivity index (χ2v) is 35.3. The number of rotatable bonds is 37. The summed E-state index contributed by atoms with van der Waals surface area (Å²) in [7, 11) is 0. The Kier molecular flexibility index (Phi) is 40.7. The average molecular weight is 2040 g/mol. The summed E-state index contributed by atoms with van der Waals surface area (Å²) in [5, 5.41) is 368. The molecule has 11 rings (SSSR count). The Morgan fingerprint density at radius 3 is 1.03 bits per heavy atom. The van der Waals surface area contributed by atoms with E-state index in [0.717, 1.165) is 27.7 Å². The number of ether oxygens (including phenoxy) is 21. The maximum atomic E-state index is 13.3. The molecular formula is C77H128N4O58. The topological polar surface area (TPSA) is 975 Å². The van der Waals surface area contributed by atoms with Crippen molar-refractivity contribution < 1.29 is 287 Å². The van der Waals surface area contributed by atoms with Gasteiger partial charge in [-0.2, -0.15) is 0 Å². The monoisotopic (exact) mass is 2040 g/mol. The number of aliphatic hydroxyl groups is 31. The summed E-state index contributed by atoms with van der Waals surface area (Å²) >= 11 is 0. The number of hydrogen-bond donors (Lipinski definition) is 36. The Morgan fingerprint density at radius 2 is 0.604 bits per heavy atom. The molecule has 0 radical (unpaired) electrons. The van der Waals surface area contributed by atoms with Crippen LogP contribution in [-0.2, 0) is 123 Å². The number of aliphatic hydroxyl groups excluding tert-OH is 31. The summed E-state index contributed by atoms with van der Waals surface area (Å²) in [5.74, 6) is -9.36. The van der Waals surface area contributed by atoms with Crippen LogP contribution in [0.5, 0.6) is 0 Å². The molecule has 0 aromatic carbocycles. The molecule has 11 fully saturated rings. The van der Waals surface area contributed by atoms with E-state index in [1.54, 1.807) is 0 Å². The highest BCUT2D eigenvalue weighted by molar-refractivity contribution is 5.77. The molecule has 804 valence electrons.